The van der Waals surface area contributed by atoms with Gasteiger partial charge >= 0.3 is 0 Å². The van der Waals surface area contributed by atoms with Crippen molar-refractivity contribution >= 4 is 11.8 Å². The van der Waals surface area contributed by atoms with E-state index in [4.69, 9.17) is 0 Å². The summed E-state index contributed by atoms with van der Waals surface area (Å²) in [5.41, 5.74) is 3.28. The van der Waals surface area contributed by atoms with E-state index in [1.165, 1.54) is 18.4 Å². The summed E-state index contributed by atoms with van der Waals surface area (Å²) in [4.78, 5) is 9.23. The van der Waals surface area contributed by atoms with E-state index >= 15 is 0 Å². The Morgan fingerprint density at radius 2 is 1.86 bits per heavy atom. The Labute approximate surface area is 131 Å². The van der Waals surface area contributed by atoms with Crippen LogP contribution in [0, 0.1) is 20.8 Å². The molecular weight excluding hydrogens is 282 g/mol. The normalized spacial score (nSPS) is 29.0. The summed E-state index contributed by atoms with van der Waals surface area (Å²) in [5.74, 6) is 0. The molecule has 2 aliphatic rings. The number of nitrogens with zero attached hydrogens (tertiary/aromatic N) is 2. The van der Waals surface area contributed by atoms with Crippen molar-refractivity contribution in [3.8, 4) is 0 Å². The second kappa shape index (κ2) is 5.86. The minimum absolute atomic E-state index is 0.0619. The molecule has 2 N–H and O–H groups in total. The fraction of sp³-hybridized carbons (Fsp3) is 0.750. The van der Waals surface area contributed by atoms with Gasteiger partial charge in [-0.1, -0.05) is 11.8 Å². The third-order valence-corrected chi connectivity index (χ3v) is 5.97. The van der Waals surface area contributed by atoms with Crippen molar-refractivity contribution in [2.45, 2.75) is 74.9 Å². The lowest BCUT2D eigenvalue weighted by Crippen LogP contribution is -2.47. The summed E-state index contributed by atoms with van der Waals surface area (Å²) in [6, 6.07) is 0.640. The van der Waals surface area contributed by atoms with Gasteiger partial charge in [0.1, 0.15) is 0 Å². The molecule has 2 aliphatic carbocycles. The van der Waals surface area contributed by atoms with Crippen LogP contribution in [0.25, 0.3) is 0 Å². The summed E-state index contributed by atoms with van der Waals surface area (Å²) in [6.45, 7) is 6.42. The molecule has 2 fully saturated rings. The number of rotatable bonds is 5. The van der Waals surface area contributed by atoms with Gasteiger partial charge in [0.25, 0.3) is 0 Å². The number of thioether (sulfide) groups is 1. The van der Waals surface area contributed by atoms with E-state index < -0.39 is 0 Å². The highest BCUT2D eigenvalue weighted by atomic mass is 32.2. The first-order valence-electron chi connectivity index (χ1n) is 7.88. The predicted molar refractivity (Wildman–Crippen MR) is 85.7 cm³/mol. The molecule has 0 radical (unpaired) electrons. The fourth-order valence-electron chi connectivity index (χ4n) is 3.10. The van der Waals surface area contributed by atoms with Crippen LogP contribution in [0.4, 0.5) is 0 Å². The van der Waals surface area contributed by atoms with Crippen LogP contribution in [-0.2, 0) is 0 Å². The third-order valence-electron chi connectivity index (χ3n) is 4.84. The van der Waals surface area contributed by atoms with Crippen LogP contribution in [0.3, 0.4) is 0 Å². The number of aryl methyl sites for hydroxylation is 2. The predicted octanol–water partition coefficient (Wildman–Crippen LogP) is 2.53. The van der Waals surface area contributed by atoms with Crippen molar-refractivity contribution in [2.75, 3.05) is 6.61 Å². The maximum absolute atomic E-state index is 9.80. The Morgan fingerprint density at radius 3 is 2.43 bits per heavy atom. The smallest absolute Gasteiger partial charge is 0.188 e. The molecule has 0 aromatic carbocycles. The number of hydrogen-bond acceptors (Lipinski definition) is 5. The molecule has 2 saturated carbocycles. The lowest BCUT2D eigenvalue weighted by Gasteiger charge is -2.28. The Kier molecular flexibility index (Phi) is 4.26. The minimum atomic E-state index is -0.0619. The van der Waals surface area contributed by atoms with E-state index in [-0.39, 0.29) is 12.1 Å². The Bertz CT molecular complexity index is 509. The summed E-state index contributed by atoms with van der Waals surface area (Å²) in [7, 11) is 0. The highest BCUT2D eigenvalue weighted by molar-refractivity contribution is 7.99. The quantitative estimate of drug-likeness (QED) is 0.819. The van der Waals surface area contributed by atoms with Gasteiger partial charge < -0.3 is 10.4 Å². The van der Waals surface area contributed by atoms with Crippen LogP contribution in [-0.4, -0.2) is 38.5 Å². The molecule has 116 valence electrons. The summed E-state index contributed by atoms with van der Waals surface area (Å²) in [5, 5.41) is 14.9. The maximum atomic E-state index is 9.80. The van der Waals surface area contributed by atoms with Crippen molar-refractivity contribution in [3.05, 3.63) is 17.0 Å². The first kappa shape index (κ1) is 15.3. The molecule has 0 saturated heterocycles. The molecule has 3 rings (SSSR count). The van der Waals surface area contributed by atoms with Gasteiger partial charge in [-0.2, -0.15) is 0 Å². The van der Waals surface area contributed by atoms with Crippen LogP contribution >= 0.6 is 11.8 Å². The fourth-order valence-corrected chi connectivity index (χ4v) is 4.42. The zero-order valence-electron chi connectivity index (χ0n) is 13.1. The van der Waals surface area contributed by atoms with Gasteiger partial charge in [-0.25, -0.2) is 9.97 Å². The zero-order valence-corrected chi connectivity index (χ0v) is 14.0. The second-order valence-corrected chi connectivity index (χ2v) is 7.91. The van der Waals surface area contributed by atoms with E-state index in [0.29, 0.717) is 11.3 Å². The monoisotopic (exact) mass is 307 g/mol. The largest absolute Gasteiger partial charge is 0.394 e. The molecule has 1 aromatic heterocycles. The lowest BCUT2D eigenvalue weighted by molar-refractivity contribution is 0.163. The van der Waals surface area contributed by atoms with E-state index in [2.05, 4.69) is 36.1 Å². The van der Waals surface area contributed by atoms with Gasteiger partial charge in [0, 0.05) is 28.2 Å². The molecule has 2 unspecified atom stereocenters. The molecule has 2 atom stereocenters. The topological polar surface area (TPSA) is 58.0 Å². The van der Waals surface area contributed by atoms with Gasteiger partial charge in [-0.15, -0.1) is 0 Å². The van der Waals surface area contributed by atoms with E-state index in [0.717, 1.165) is 35.8 Å². The van der Waals surface area contributed by atoms with Crippen LogP contribution in [0.2, 0.25) is 0 Å². The van der Waals surface area contributed by atoms with Gasteiger partial charge in [0.15, 0.2) is 5.16 Å². The number of hydrogen-bond donors (Lipinski definition) is 2. The van der Waals surface area contributed by atoms with Crippen molar-refractivity contribution in [1.29, 1.82) is 0 Å². The number of aromatic nitrogens is 2. The van der Waals surface area contributed by atoms with E-state index in [9.17, 15) is 5.11 Å². The molecule has 0 amide bonds. The standard InChI is InChI=1S/C16H25N3OS/c1-10-11(2)17-15(18-12(10)3)21-14-6-7-16(8-14,9-20)19-13-4-5-13/h13-14,19-20H,4-9H2,1-3H3. The summed E-state index contributed by atoms with van der Waals surface area (Å²) < 4.78 is 0. The zero-order chi connectivity index (χ0) is 15.0. The van der Waals surface area contributed by atoms with Gasteiger partial charge in [0.2, 0.25) is 0 Å². The minimum Gasteiger partial charge on any atom is -0.394 e. The van der Waals surface area contributed by atoms with Gasteiger partial charge in [-0.05, 0) is 58.4 Å². The number of aliphatic hydroxyl groups is 1. The summed E-state index contributed by atoms with van der Waals surface area (Å²) >= 11 is 1.78. The lowest BCUT2D eigenvalue weighted by atomic mass is 9.99. The number of aliphatic hydroxyl groups excluding tert-OH is 1. The molecule has 21 heavy (non-hydrogen) atoms. The Morgan fingerprint density at radius 1 is 1.19 bits per heavy atom. The van der Waals surface area contributed by atoms with Crippen molar-refractivity contribution in [3.63, 3.8) is 0 Å². The maximum Gasteiger partial charge on any atom is 0.188 e. The highest BCUT2D eigenvalue weighted by Gasteiger charge is 2.42. The molecule has 5 heteroatoms. The summed E-state index contributed by atoms with van der Waals surface area (Å²) in [6.07, 6.45) is 5.72. The van der Waals surface area contributed by atoms with Crippen LogP contribution in [0.15, 0.2) is 5.16 Å². The Balaban J connectivity index is 1.66. The average molecular weight is 307 g/mol. The first-order chi connectivity index (χ1) is 10.0. The van der Waals surface area contributed by atoms with Gasteiger partial charge in [0.05, 0.1) is 6.61 Å². The van der Waals surface area contributed by atoms with Crippen LogP contribution in [0.1, 0.15) is 49.1 Å². The Hall–Kier alpha value is -0.650. The molecular formula is C16H25N3OS. The van der Waals surface area contributed by atoms with Crippen LogP contribution < -0.4 is 5.32 Å². The van der Waals surface area contributed by atoms with E-state index in [1.807, 2.05) is 0 Å². The van der Waals surface area contributed by atoms with Crippen molar-refractivity contribution in [1.82, 2.24) is 15.3 Å². The molecule has 0 aliphatic heterocycles. The molecule has 4 nitrogen and oxygen atoms in total. The second-order valence-electron chi connectivity index (χ2n) is 6.64. The van der Waals surface area contributed by atoms with E-state index in [1.54, 1.807) is 11.8 Å². The first-order valence-corrected chi connectivity index (χ1v) is 8.76. The molecule has 0 spiro atoms. The SMILES string of the molecule is Cc1nc(SC2CCC(CO)(NC3CC3)C2)nc(C)c1C. The molecule has 1 heterocycles. The molecule has 1 aromatic rings. The molecule has 0 bridgehead atoms. The van der Waals surface area contributed by atoms with Crippen LogP contribution in [0.5, 0.6) is 0 Å². The third kappa shape index (κ3) is 3.41. The highest BCUT2D eigenvalue weighted by Crippen LogP contribution is 2.41. The number of nitrogens with one attached hydrogen (secondary N) is 1. The average Bonchev–Trinajstić information content (AvgIpc) is 3.16. The van der Waals surface area contributed by atoms with Crippen molar-refractivity contribution < 1.29 is 5.11 Å². The van der Waals surface area contributed by atoms with Crippen molar-refractivity contribution in [2.24, 2.45) is 0 Å². The van der Waals surface area contributed by atoms with Gasteiger partial charge in [-0.3, -0.25) is 0 Å².